The Bertz CT molecular complexity index is 174. The number of rotatable bonds is 5. The number of nitrogens with zero attached hydrogens (tertiary/aromatic N) is 1. The van der Waals surface area contributed by atoms with Gasteiger partial charge in [0, 0.05) is 12.5 Å². The first-order valence-electron chi connectivity index (χ1n) is 5.57. The third-order valence-electron chi connectivity index (χ3n) is 3.04. The van der Waals surface area contributed by atoms with Crippen LogP contribution in [0.5, 0.6) is 0 Å². The molecule has 0 amide bonds. The van der Waals surface area contributed by atoms with Crippen LogP contribution in [0.3, 0.4) is 0 Å². The molecule has 0 saturated carbocycles. The monoisotopic (exact) mass is 199 g/mol. The first-order valence-corrected chi connectivity index (χ1v) is 5.57. The predicted molar refractivity (Wildman–Crippen MR) is 56.2 cm³/mol. The largest absolute Gasteiger partial charge is 0.396 e. The molecule has 1 N–H and O–H groups in total. The second kappa shape index (κ2) is 6.14. The van der Waals surface area contributed by atoms with Crippen LogP contribution in [0.1, 0.15) is 32.6 Å². The van der Waals surface area contributed by atoms with Gasteiger partial charge < -0.3 is 10.0 Å². The molecule has 0 aromatic heterocycles. The van der Waals surface area contributed by atoms with Crippen molar-refractivity contribution < 1.29 is 9.90 Å². The molecule has 3 heteroatoms. The summed E-state index contributed by atoms with van der Waals surface area (Å²) in [4.78, 5) is 13.5. The minimum atomic E-state index is 0.296. The van der Waals surface area contributed by atoms with Crippen molar-refractivity contribution in [2.45, 2.75) is 32.6 Å². The average molecular weight is 199 g/mol. The first-order chi connectivity index (χ1) is 6.74. The summed E-state index contributed by atoms with van der Waals surface area (Å²) in [5.74, 6) is 0.657. The average Bonchev–Trinajstić information content (AvgIpc) is 2.19. The van der Waals surface area contributed by atoms with Crippen LogP contribution in [0.2, 0.25) is 0 Å². The molecule has 1 saturated heterocycles. The van der Waals surface area contributed by atoms with Gasteiger partial charge in [-0.3, -0.25) is 4.79 Å². The highest BCUT2D eigenvalue weighted by Crippen LogP contribution is 2.17. The molecule has 0 atom stereocenters. The lowest BCUT2D eigenvalue weighted by molar-refractivity contribution is -0.122. The van der Waals surface area contributed by atoms with Crippen LogP contribution < -0.4 is 0 Å². The molecule has 3 nitrogen and oxygen atoms in total. The van der Waals surface area contributed by atoms with E-state index in [1.54, 1.807) is 6.92 Å². The maximum absolute atomic E-state index is 11.1. The highest BCUT2D eigenvalue weighted by molar-refractivity contribution is 5.78. The summed E-state index contributed by atoms with van der Waals surface area (Å²) in [7, 11) is 0. The first kappa shape index (κ1) is 11.7. The fraction of sp³-hybridized carbons (Fsp3) is 0.909. The number of carbonyl (C=O) groups is 1. The third-order valence-corrected chi connectivity index (χ3v) is 3.04. The van der Waals surface area contributed by atoms with Gasteiger partial charge in [0.1, 0.15) is 5.78 Å². The number of ketones is 1. The van der Waals surface area contributed by atoms with E-state index in [9.17, 15) is 4.79 Å². The van der Waals surface area contributed by atoms with E-state index in [1.165, 1.54) is 0 Å². The van der Waals surface area contributed by atoms with E-state index in [0.29, 0.717) is 18.3 Å². The van der Waals surface area contributed by atoms with Gasteiger partial charge in [0.2, 0.25) is 0 Å². The molecule has 1 rings (SSSR count). The zero-order chi connectivity index (χ0) is 10.4. The predicted octanol–water partition coefficient (Wildman–Crippen LogP) is 1.06. The Balaban J connectivity index is 2.12. The molecule has 82 valence electrons. The lowest BCUT2D eigenvalue weighted by Gasteiger charge is -2.30. The normalized spacial score (nSPS) is 19.9. The van der Waals surface area contributed by atoms with Crippen molar-refractivity contribution in [3.05, 3.63) is 0 Å². The Labute approximate surface area is 86.1 Å². The number of hydrogen-bond acceptors (Lipinski definition) is 3. The number of piperidine rings is 1. The maximum atomic E-state index is 11.1. The Morgan fingerprint density at radius 2 is 2.00 bits per heavy atom. The summed E-state index contributed by atoms with van der Waals surface area (Å²) in [6.45, 7) is 5.17. The van der Waals surface area contributed by atoms with Crippen molar-refractivity contribution >= 4 is 5.78 Å². The third kappa shape index (κ3) is 3.76. The molecule has 0 unspecified atom stereocenters. The van der Waals surface area contributed by atoms with E-state index in [1.807, 2.05) is 0 Å². The van der Waals surface area contributed by atoms with Gasteiger partial charge in [0.05, 0.1) is 0 Å². The van der Waals surface area contributed by atoms with Gasteiger partial charge in [-0.1, -0.05) is 0 Å². The van der Waals surface area contributed by atoms with Crippen LogP contribution in [-0.4, -0.2) is 42.0 Å². The summed E-state index contributed by atoms with van der Waals surface area (Å²) >= 11 is 0. The molecule has 1 heterocycles. The van der Waals surface area contributed by atoms with Crippen LogP contribution in [0.4, 0.5) is 0 Å². The van der Waals surface area contributed by atoms with Crippen molar-refractivity contribution in [3.8, 4) is 0 Å². The molecule has 1 aliphatic rings. The lowest BCUT2D eigenvalue weighted by Crippen LogP contribution is -2.36. The van der Waals surface area contributed by atoms with Crippen molar-refractivity contribution in [2.75, 3.05) is 26.2 Å². The molecule has 0 spiro atoms. The number of aliphatic hydroxyl groups excluding tert-OH is 1. The van der Waals surface area contributed by atoms with E-state index in [2.05, 4.69) is 4.90 Å². The van der Waals surface area contributed by atoms with Gasteiger partial charge in [0.15, 0.2) is 0 Å². The molecule has 1 aliphatic heterocycles. The number of likely N-dealkylation sites (tertiary alicyclic amines) is 1. The van der Waals surface area contributed by atoms with Crippen molar-refractivity contribution in [3.63, 3.8) is 0 Å². The van der Waals surface area contributed by atoms with Crippen LogP contribution in [0.25, 0.3) is 0 Å². The zero-order valence-electron chi connectivity index (χ0n) is 9.04. The number of aliphatic hydroxyl groups is 1. The van der Waals surface area contributed by atoms with E-state index < -0.39 is 0 Å². The van der Waals surface area contributed by atoms with Crippen molar-refractivity contribution in [1.29, 1.82) is 0 Å². The van der Waals surface area contributed by atoms with Gasteiger partial charge >= 0.3 is 0 Å². The topological polar surface area (TPSA) is 40.5 Å². The summed E-state index contributed by atoms with van der Waals surface area (Å²) in [5, 5.41) is 8.65. The maximum Gasteiger partial charge on any atom is 0.133 e. The molecule has 0 radical (unpaired) electrons. The summed E-state index contributed by atoms with van der Waals surface area (Å²) in [6, 6.07) is 0. The van der Waals surface area contributed by atoms with E-state index in [0.717, 1.165) is 45.3 Å². The van der Waals surface area contributed by atoms with Crippen LogP contribution in [0, 0.1) is 5.92 Å². The van der Waals surface area contributed by atoms with Gasteiger partial charge in [-0.15, -0.1) is 0 Å². The van der Waals surface area contributed by atoms with Crippen LogP contribution >= 0.6 is 0 Å². The molecule has 0 aliphatic carbocycles. The van der Waals surface area contributed by atoms with Crippen LogP contribution in [0.15, 0.2) is 0 Å². The fourth-order valence-corrected chi connectivity index (χ4v) is 2.01. The van der Waals surface area contributed by atoms with Crippen molar-refractivity contribution in [2.24, 2.45) is 5.92 Å². The quantitative estimate of drug-likeness (QED) is 0.673. The number of carbonyl (C=O) groups excluding carboxylic acids is 1. The lowest BCUT2D eigenvalue weighted by atomic mass is 9.93. The van der Waals surface area contributed by atoms with Gasteiger partial charge in [-0.25, -0.2) is 0 Å². The zero-order valence-corrected chi connectivity index (χ0v) is 9.04. The SMILES string of the molecule is CC(=O)C1CCN(CCCCO)CC1. The summed E-state index contributed by atoms with van der Waals surface area (Å²) < 4.78 is 0. The molecule has 1 fully saturated rings. The Kier molecular flexibility index (Phi) is 5.12. The van der Waals surface area contributed by atoms with Crippen LogP contribution in [-0.2, 0) is 4.79 Å². The molecule has 14 heavy (non-hydrogen) atoms. The second-order valence-corrected chi connectivity index (χ2v) is 4.16. The summed E-state index contributed by atoms with van der Waals surface area (Å²) in [6.07, 6.45) is 4.01. The molecule has 0 bridgehead atoms. The number of Topliss-reactive ketones (excluding diaryl/α,β-unsaturated/α-hetero) is 1. The Morgan fingerprint density at radius 3 is 2.50 bits per heavy atom. The minimum absolute atomic E-state index is 0.296. The van der Waals surface area contributed by atoms with Gasteiger partial charge in [0.25, 0.3) is 0 Å². The number of hydrogen-bond donors (Lipinski definition) is 1. The molecular formula is C11H21NO2. The fourth-order valence-electron chi connectivity index (χ4n) is 2.01. The Morgan fingerprint density at radius 1 is 1.36 bits per heavy atom. The molecule has 0 aromatic carbocycles. The molecule has 0 aromatic rings. The Hall–Kier alpha value is -0.410. The highest BCUT2D eigenvalue weighted by Gasteiger charge is 2.21. The minimum Gasteiger partial charge on any atom is -0.396 e. The van der Waals surface area contributed by atoms with E-state index >= 15 is 0 Å². The van der Waals surface area contributed by atoms with Gasteiger partial charge in [-0.2, -0.15) is 0 Å². The summed E-state index contributed by atoms with van der Waals surface area (Å²) in [5.41, 5.74) is 0. The standard InChI is InChI=1S/C11H21NO2/c1-10(14)11-4-7-12(8-5-11)6-2-3-9-13/h11,13H,2-9H2,1H3. The van der Waals surface area contributed by atoms with E-state index in [4.69, 9.17) is 5.11 Å². The number of unbranched alkanes of at least 4 members (excludes halogenated alkanes) is 1. The second-order valence-electron chi connectivity index (χ2n) is 4.16. The van der Waals surface area contributed by atoms with Crippen molar-refractivity contribution in [1.82, 2.24) is 4.90 Å². The highest BCUT2D eigenvalue weighted by atomic mass is 16.2. The van der Waals surface area contributed by atoms with E-state index in [-0.39, 0.29) is 0 Å². The van der Waals surface area contributed by atoms with Gasteiger partial charge in [-0.05, 0) is 52.2 Å². The smallest absolute Gasteiger partial charge is 0.133 e. The molecular weight excluding hydrogens is 178 g/mol.